The van der Waals surface area contributed by atoms with Gasteiger partial charge in [0.25, 0.3) is 0 Å². The van der Waals surface area contributed by atoms with Crippen LogP contribution in [0.25, 0.3) is 0 Å². The average Bonchev–Trinajstić information content (AvgIpc) is 3.10. The largest absolute Gasteiger partial charge is 0.366 e. The Bertz CT molecular complexity index is 751. The number of nitrogens with one attached hydrogen (secondary N) is 1. The summed E-state index contributed by atoms with van der Waals surface area (Å²) in [6.07, 6.45) is 1.70. The Kier molecular flexibility index (Phi) is 6.00. The number of likely N-dealkylation sites (tertiary alicyclic amines) is 2. The molecule has 2 fully saturated rings. The van der Waals surface area contributed by atoms with Crippen LogP contribution in [0.3, 0.4) is 0 Å². The number of urea groups is 1. The van der Waals surface area contributed by atoms with Crippen LogP contribution in [-0.2, 0) is 9.53 Å². The van der Waals surface area contributed by atoms with Crippen molar-refractivity contribution < 1.29 is 24.2 Å². The molecule has 0 aromatic heterocycles. The summed E-state index contributed by atoms with van der Waals surface area (Å²) in [6.45, 7) is 2.63. The van der Waals surface area contributed by atoms with Crippen molar-refractivity contribution in [1.29, 1.82) is 0 Å². The van der Waals surface area contributed by atoms with Crippen molar-refractivity contribution >= 4 is 23.4 Å². The number of piperidine rings is 1. The number of hydrogen-bond acceptors (Lipinski definition) is 5. The first-order valence-electron chi connectivity index (χ1n) is 9.57. The fourth-order valence-corrected chi connectivity index (χ4v) is 4.14. The Morgan fingerprint density at radius 2 is 1.86 bits per heavy atom. The van der Waals surface area contributed by atoms with E-state index in [4.69, 9.17) is 4.74 Å². The van der Waals surface area contributed by atoms with E-state index >= 15 is 0 Å². The first kappa shape index (κ1) is 20.3. The molecule has 2 aliphatic rings. The van der Waals surface area contributed by atoms with E-state index in [1.807, 2.05) is 0 Å². The highest BCUT2D eigenvalue weighted by molar-refractivity contribution is 5.98. The Morgan fingerprint density at radius 1 is 1.21 bits per heavy atom. The Labute approximate surface area is 164 Å². The molecule has 0 bridgehead atoms. The highest BCUT2D eigenvalue weighted by Crippen LogP contribution is 2.38. The molecule has 3 rings (SSSR count). The molecule has 2 heterocycles. The van der Waals surface area contributed by atoms with Crippen LogP contribution in [0.5, 0.6) is 0 Å². The first-order valence-corrected chi connectivity index (χ1v) is 9.57. The standard InChI is InChI=1S/C20H27N3O5/c1-14(24)15-5-7-16(8-6-15)21-19(27)23-12-4-10-20(23)9-3-11-22(18(20)26)13-17(25)28-2/h5-8,17,25H,3-4,9-13H2,1-2H3,(H,21,27). The Morgan fingerprint density at radius 3 is 2.46 bits per heavy atom. The van der Waals surface area contributed by atoms with Gasteiger partial charge in [-0.3, -0.25) is 9.59 Å². The number of Topliss-reactive ketones (excluding diaryl/α,β-unsaturated/α-hetero) is 1. The third kappa shape index (κ3) is 3.88. The number of carbonyl (C=O) groups is 3. The Balaban J connectivity index is 1.74. The van der Waals surface area contributed by atoms with E-state index in [0.717, 1.165) is 12.8 Å². The van der Waals surface area contributed by atoms with Crippen molar-refractivity contribution in [3.05, 3.63) is 29.8 Å². The summed E-state index contributed by atoms with van der Waals surface area (Å²) >= 11 is 0. The maximum Gasteiger partial charge on any atom is 0.322 e. The average molecular weight is 389 g/mol. The van der Waals surface area contributed by atoms with Gasteiger partial charge in [0.2, 0.25) is 5.91 Å². The molecule has 0 aliphatic carbocycles. The van der Waals surface area contributed by atoms with Gasteiger partial charge in [-0.25, -0.2) is 4.79 Å². The topological polar surface area (TPSA) is 99.2 Å². The van der Waals surface area contributed by atoms with E-state index in [0.29, 0.717) is 37.2 Å². The second-order valence-corrected chi connectivity index (χ2v) is 7.40. The molecule has 8 nitrogen and oxygen atoms in total. The van der Waals surface area contributed by atoms with E-state index in [-0.39, 0.29) is 24.3 Å². The molecular weight excluding hydrogens is 362 g/mol. The van der Waals surface area contributed by atoms with Crippen molar-refractivity contribution in [2.45, 2.75) is 44.4 Å². The maximum atomic E-state index is 13.2. The van der Waals surface area contributed by atoms with Gasteiger partial charge in [0.05, 0.1) is 6.54 Å². The van der Waals surface area contributed by atoms with Gasteiger partial charge in [-0.15, -0.1) is 0 Å². The molecule has 8 heteroatoms. The zero-order valence-electron chi connectivity index (χ0n) is 16.3. The summed E-state index contributed by atoms with van der Waals surface area (Å²) in [5.41, 5.74) is 0.284. The van der Waals surface area contributed by atoms with Crippen molar-refractivity contribution in [1.82, 2.24) is 9.80 Å². The molecule has 2 saturated heterocycles. The third-order valence-corrected chi connectivity index (χ3v) is 5.63. The predicted octanol–water partition coefficient (Wildman–Crippen LogP) is 1.84. The highest BCUT2D eigenvalue weighted by atomic mass is 16.6. The quantitative estimate of drug-likeness (QED) is 0.591. The summed E-state index contributed by atoms with van der Waals surface area (Å²) in [5, 5.41) is 12.6. The van der Waals surface area contributed by atoms with Crippen LogP contribution in [-0.4, -0.2) is 71.2 Å². The summed E-state index contributed by atoms with van der Waals surface area (Å²) in [5.74, 6) is -0.169. The molecule has 2 N–H and O–H groups in total. The SMILES string of the molecule is COC(O)CN1CCCC2(CCCN2C(=O)Nc2ccc(C(C)=O)cc2)C1=O. The summed E-state index contributed by atoms with van der Waals surface area (Å²) in [6, 6.07) is 6.37. The van der Waals surface area contributed by atoms with E-state index < -0.39 is 11.8 Å². The van der Waals surface area contributed by atoms with Crippen molar-refractivity contribution in [3.63, 3.8) is 0 Å². The molecule has 2 aliphatic heterocycles. The van der Waals surface area contributed by atoms with Gasteiger partial charge < -0.3 is 25.0 Å². The number of methoxy groups -OCH3 is 1. The fraction of sp³-hybridized carbons (Fsp3) is 0.550. The second-order valence-electron chi connectivity index (χ2n) is 7.40. The van der Waals surface area contributed by atoms with Gasteiger partial charge in [0, 0.05) is 31.5 Å². The molecule has 3 amide bonds. The van der Waals surface area contributed by atoms with Crippen LogP contribution in [0.15, 0.2) is 24.3 Å². The number of benzene rings is 1. The zero-order chi connectivity index (χ0) is 20.3. The van der Waals surface area contributed by atoms with E-state index in [1.54, 1.807) is 34.1 Å². The van der Waals surface area contributed by atoms with Gasteiger partial charge in [-0.1, -0.05) is 0 Å². The molecule has 0 radical (unpaired) electrons. The smallest absolute Gasteiger partial charge is 0.322 e. The van der Waals surface area contributed by atoms with E-state index in [2.05, 4.69) is 5.32 Å². The lowest BCUT2D eigenvalue weighted by molar-refractivity contribution is -0.154. The number of amides is 3. The molecule has 28 heavy (non-hydrogen) atoms. The number of ether oxygens (including phenoxy) is 1. The number of rotatable bonds is 5. The van der Waals surface area contributed by atoms with Crippen LogP contribution >= 0.6 is 0 Å². The molecule has 2 unspecified atom stereocenters. The van der Waals surface area contributed by atoms with E-state index in [1.165, 1.54) is 14.0 Å². The monoisotopic (exact) mass is 389 g/mol. The first-order chi connectivity index (χ1) is 13.4. The minimum atomic E-state index is -1.04. The van der Waals surface area contributed by atoms with Gasteiger partial charge in [0.15, 0.2) is 12.1 Å². The van der Waals surface area contributed by atoms with Gasteiger partial charge >= 0.3 is 6.03 Å². The highest BCUT2D eigenvalue weighted by Gasteiger charge is 2.53. The molecular formula is C20H27N3O5. The number of aliphatic hydroxyl groups excluding tert-OH is 1. The lowest BCUT2D eigenvalue weighted by Gasteiger charge is -2.44. The number of ketones is 1. The number of β-amino-alcohol motifs (C(OH)–C–C–N with tert-alkyl or cyclic N) is 1. The molecule has 1 aromatic carbocycles. The summed E-state index contributed by atoms with van der Waals surface area (Å²) in [7, 11) is 1.39. The van der Waals surface area contributed by atoms with Crippen LogP contribution in [0.2, 0.25) is 0 Å². The lowest BCUT2D eigenvalue weighted by Crippen LogP contribution is -2.62. The second kappa shape index (κ2) is 8.28. The normalized spacial score (nSPS) is 23.2. The molecule has 1 spiro atoms. The minimum absolute atomic E-state index is 0.0393. The third-order valence-electron chi connectivity index (χ3n) is 5.63. The minimum Gasteiger partial charge on any atom is -0.366 e. The van der Waals surface area contributed by atoms with Crippen LogP contribution in [0.4, 0.5) is 10.5 Å². The number of anilines is 1. The van der Waals surface area contributed by atoms with Crippen molar-refractivity contribution in [3.8, 4) is 0 Å². The predicted molar refractivity (Wildman–Crippen MR) is 103 cm³/mol. The molecule has 2 atom stereocenters. The zero-order valence-corrected chi connectivity index (χ0v) is 16.3. The number of carbonyl (C=O) groups excluding carboxylic acids is 3. The maximum absolute atomic E-state index is 13.2. The van der Waals surface area contributed by atoms with Gasteiger partial charge in [0.1, 0.15) is 5.54 Å². The molecule has 1 aromatic rings. The lowest BCUT2D eigenvalue weighted by atomic mass is 9.85. The number of nitrogens with zero attached hydrogens (tertiary/aromatic N) is 2. The number of hydrogen-bond donors (Lipinski definition) is 2. The van der Waals surface area contributed by atoms with Crippen LogP contribution < -0.4 is 5.32 Å². The van der Waals surface area contributed by atoms with Crippen LogP contribution in [0.1, 0.15) is 43.0 Å². The summed E-state index contributed by atoms with van der Waals surface area (Å²) in [4.78, 5) is 40.7. The fourth-order valence-electron chi connectivity index (χ4n) is 4.14. The summed E-state index contributed by atoms with van der Waals surface area (Å²) < 4.78 is 4.88. The van der Waals surface area contributed by atoms with Crippen LogP contribution in [0, 0.1) is 0 Å². The van der Waals surface area contributed by atoms with Crippen molar-refractivity contribution in [2.75, 3.05) is 32.1 Å². The van der Waals surface area contributed by atoms with Gasteiger partial charge in [-0.2, -0.15) is 0 Å². The van der Waals surface area contributed by atoms with Crippen molar-refractivity contribution in [2.24, 2.45) is 0 Å². The number of aliphatic hydroxyl groups is 1. The van der Waals surface area contributed by atoms with E-state index in [9.17, 15) is 19.5 Å². The Hall–Kier alpha value is -2.45. The van der Waals surface area contributed by atoms with Gasteiger partial charge in [-0.05, 0) is 56.9 Å². The molecule has 0 saturated carbocycles. The molecule has 152 valence electrons.